The minimum absolute atomic E-state index is 0.0502. The Balaban J connectivity index is 1.36. The molecule has 1 aliphatic heterocycles. The summed E-state index contributed by atoms with van der Waals surface area (Å²) in [6.45, 7) is 6.02. The van der Waals surface area contributed by atoms with Gasteiger partial charge in [0.25, 0.3) is 0 Å². The first-order chi connectivity index (χ1) is 19.4. The van der Waals surface area contributed by atoms with Crippen LogP contribution in [-0.2, 0) is 22.4 Å². The number of amidine groups is 1. The van der Waals surface area contributed by atoms with E-state index in [-0.39, 0.29) is 42.0 Å². The summed E-state index contributed by atoms with van der Waals surface area (Å²) in [5, 5.41) is 3.00. The van der Waals surface area contributed by atoms with Crippen molar-refractivity contribution in [2.75, 3.05) is 16.0 Å². The number of carbonyl (C=O) groups excluding carboxylic acids is 3. The average Bonchev–Trinajstić information content (AvgIpc) is 3.24. The lowest BCUT2D eigenvalue weighted by Gasteiger charge is -2.22. The molecule has 1 aliphatic rings. The quantitative estimate of drug-likeness (QED) is 0.307. The Kier molecular flexibility index (Phi) is 9.17. The first-order valence-corrected chi connectivity index (χ1v) is 13.8. The second kappa shape index (κ2) is 12.6. The number of ether oxygens (including phenoxy) is 1. The van der Waals surface area contributed by atoms with Crippen molar-refractivity contribution in [2.24, 2.45) is 4.99 Å². The number of benzene rings is 3. The molecule has 0 radical (unpaired) electrons. The molecule has 41 heavy (non-hydrogen) atoms. The Labute approximate surface area is 239 Å². The van der Waals surface area contributed by atoms with Gasteiger partial charge in [-0.15, -0.1) is 13.2 Å². The number of carbonyl (C=O) groups is 3. The molecule has 7 nitrogen and oxygen atoms in total. The number of amides is 3. The third kappa shape index (κ3) is 8.20. The first kappa shape index (κ1) is 29.9. The van der Waals surface area contributed by atoms with E-state index >= 15 is 0 Å². The lowest BCUT2D eigenvalue weighted by atomic mass is 9.99. The number of alkyl halides is 3. The Hall–Kier alpha value is -4.12. The maximum atomic E-state index is 12.7. The molecule has 3 aromatic rings. The number of nitrogens with zero attached hydrogens (tertiary/aromatic N) is 2. The number of urea groups is 1. The number of hydrogen-bond donors (Lipinski definition) is 1. The first-order valence-electron chi connectivity index (χ1n) is 12.8. The summed E-state index contributed by atoms with van der Waals surface area (Å²) in [4.78, 5) is 43.6. The zero-order valence-corrected chi connectivity index (χ0v) is 23.4. The summed E-state index contributed by atoms with van der Waals surface area (Å²) in [6, 6.07) is 17.1. The van der Waals surface area contributed by atoms with Crippen LogP contribution < -0.4 is 15.0 Å². The minimum Gasteiger partial charge on any atom is -0.406 e. The molecule has 4 rings (SSSR count). The van der Waals surface area contributed by atoms with Crippen LogP contribution >= 0.6 is 11.8 Å². The molecule has 0 atom stereocenters. The molecular weight excluding hydrogens is 555 g/mol. The van der Waals surface area contributed by atoms with Crippen molar-refractivity contribution >= 4 is 46.0 Å². The van der Waals surface area contributed by atoms with Crippen molar-refractivity contribution in [3.8, 4) is 5.75 Å². The molecule has 3 aromatic carbocycles. The van der Waals surface area contributed by atoms with Crippen LogP contribution in [0.1, 0.15) is 42.0 Å². The molecule has 214 valence electrons. The molecule has 1 N–H and O–H groups in total. The van der Waals surface area contributed by atoms with E-state index in [9.17, 15) is 27.6 Å². The van der Waals surface area contributed by atoms with E-state index in [2.05, 4.69) is 15.0 Å². The predicted octanol–water partition coefficient (Wildman–Crippen LogP) is 7.04. The number of rotatable bonds is 8. The molecule has 0 aliphatic carbocycles. The van der Waals surface area contributed by atoms with Gasteiger partial charge in [0.1, 0.15) is 11.5 Å². The zero-order chi connectivity index (χ0) is 29.7. The molecule has 0 aromatic heterocycles. The third-order valence-corrected chi connectivity index (χ3v) is 7.10. The van der Waals surface area contributed by atoms with Crippen LogP contribution in [0.2, 0.25) is 0 Å². The van der Waals surface area contributed by atoms with Crippen molar-refractivity contribution in [1.29, 1.82) is 0 Å². The number of aryl methyl sites for hydroxylation is 1. The van der Waals surface area contributed by atoms with Crippen LogP contribution in [0.15, 0.2) is 71.7 Å². The normalized spacial score (nSPS) is 14.6. The van der Waals surface area contributed by atoms with Crippen molar-refractivity contribution in [2.45, 2.75) is 45.9 Å². The number of nitrogens with one attached hydrogen (secondary N) is 1. The highest BCUT2D eigenvalue weighted by Crippen LogP contribution is 2.34. The smallest absolute Gasteiger partial charge is 0.406 e. The molecule has 0 saturated carbocycles. The van der Waals surface area contributed by atoms with Crippen molar-refractivity contribution < 1.29 is 32.3 Å². The summed E-state index contributed by atoms with van der Waals surface area (Å²) >= 11 is 1.20. The highest BCUT2D eigenvalue weighted by Gasteiger charge is 2.33. The maximum Gasteiger partial charge on any atom is 0.573 e. The largest absolute Gasteiger partial charge is 0.573 e. The predicted molar refractivity (Wildman–Crippen MR) is 154 cm³/mol. The maximum absolute atomic E-state index is 12.7. The summed E-state index contributed by atoms with van der Waals surface area (Å²) in [6.07, 6.45) is -4.61. The Morgan fingerprint density at radius 2 is 1.61 bits per heavy atom. The van der Waals surface area contributed by atoms with E-state index in [1.54, 1.807) is 24.3 Å². The van der Waals surface area contributed by atoms with Crippen molar-refractivity contribution in [3.63, 3.8) is 0 Å². The topological polar surface area (TPSA) is 88.1 Å². The van der Waals surface area contributed by atoms with Crippen LogP contribution in [0.5, 0.6) is 5.75 Å². The van der Waals surface area contributed by atoms with Gasteiger partial charge in [0, 0.05) is 18.5 Å². The van der Waals surface area contributed by atoms with E-state index < -0.39 is 12.4 Å². The minimum atomic E-state index is -4.77. The number of ketones is 1. The number of Topliss-reactive ketones (excluding diaryl/α,β-unsaturated/α-hetero) is 1. The van der Waals surface area contributed by atoms with Gasteiger partial charge in [-0.3, -0.25) is 14.5 Å². The number of halogens is 3. The van der Waals surface area contributed by atoms with Gasteiger partial charge in [0.05, 0.1) is 11.4 Å². The molecular formula is C30H28F3N3O4S. The number of hydrogen-bond acceptors (Lipinski definition) is 5. The number of aliphatic imine (C=N–C) groups is 1. The van der Waals surface area contributed by atoms with E-state index in [4.69, 9.17) is 0 Å². The Bertz CT molecular complexity index is 1470. The van der Waals surface area contributed by atoms with Crippen LogP contribution in [0.3, 0.4) is 0 Å². The van der Waals surface area contributed by atoms with Gasteiger partial charge in [0.2, 0.25) is 5.91 Å². The molecule has 1 heterocycles. The molecule has 1 saturated heterocycles. The third-order valence-electron chi connectivity index (χ3n) is 6.18. The van der Waals surface area contributed by atoms with Crippen LogP contribution in [0.4, 0.5) is 29.3 Å². The number of thioether (sulfide) groups is 1. The number of anilines is 2. The van der Waals surface area contributed by atoms with Crippen LogP contribution in [0.25, 0.3) is 0 Å². The second-order valence-electron chi connectivity index (χ2n) is 9.84. The molecule has 3 amide bonds. The highest BCUT2D eigenvalue weighted by molar-refractivity contribution is 8.15. The summed E-state index contributed by atoms with van der Waals surface area (Å²) < 4.78 is 40.8. The van der Waals surface area contributed by atoms with Gasteiger partial charge in [-0.25, -0.2) is 4.79 Å². The lowest BCUT2D eigenvalue weighted by molar-refractivity contribution is -0.274. The Morgan fingerprint density at radius 1 is 1.00 bits per heavy atom. The van der Waals surface area contributed by atoms with Gasteiger partial charge < -0.3 is 10.1 Å². The van der Waals surface area contributed by atoms with Crippen molar-refractivity contribution in [1.82, 2.24) is 0 Å². The molecule has 0 bridgehead atoms. The monoisotopic (exact) mass is 583 g/mol. The zero-order valence-electron chi connectivity index (χ0n) is 22.6. The average molecular weight is 584 g/mol. The fraction of sp³-hybridized carbons (Fsp3) is 0.267. The molecule has 11 heteroatoms. The second-order valence-corrected chi connectivity index (χ2v) is 10.8. The van der Waals surface area contributed by atoms with E-state index in [1.165, 1.54) is 40.9 Å². The summed E-state index contributed by atoms with van der Waals surface area (Å²) in [5.41, 5.74) is 4.44. The van der Waals surface area contributed by atoms with Gasteiger partial charge >= 0.3 is 12.4 Å². The fourth-order valence-corrected chi connectivity index (χ4v) is 5.15. The van der Waals surface area contributed by atoms with Crippen molar-refractivity contribution in [3.05, 3.63) is 89.0 Å². The van der Waals surface area contributed by atoms with Gasteiger partial charge in [-0.05, 0) is 65.4 Å². The van der Waals surface area contributed by atoms with Gasteiger partial charge in [-0.1, -0.05) is 62.0 Å². The fourth-order valence-electron chi connectivity index (χ4n) is 4.29. The Morgan fingerprint density at radius 3 is 2.20 bits per heavy atom. The lowest BCUT2D eigenvalue weighted by Crippen LogP contribution is -2.31. The standard InChI is InChI=1S/C30H28F3N3O4S/c1-18(2)25-13-4-19(3)14-26(25)36-27(38)17-41-29(36)35-28(39)34-22-9-5-20(6-10-22)15-23(37)16-21-7-11-24(12-8-21)40-30(31,32)33/h4-14,18H,15-17H2,1-3H3,(H,34,39). The van der Waals surface area contributed by atoms with Crippen LogP contribution in [0, 0.1) is 6.92 Å². The molecule has 0 spiro atoms. The summed E-state index contributed by atoms with van der Waals surface area (Å²) in [5.74, 6) is -0.266. The van der Waals surface area contributed by atoms with E-state index in [1.807, 2.05) is 39.0 Å². The SMILES string of the molecule is Cc1ccc(C(C)C)c(N2C(=O)CSC2=NC(=O)Nc2ccc(CC(=O)Cc3ccc(OC(F)(F)F)cc3)cc2)c1. The molecule has 1 fully saturated rings. The van der Waals surface area contributed by atoms with Gasteiger partial charge in [0.15, 0.2) is 5.17 Å². The van der Waals surface area contributed by atoms with Crippen LogP contribution in [-0.4, -0.2) is 35.0 Å². The highest BCUT2D eigenvalue weighted by atomic mass is 32.2. The van der Waals surface area contributed by atoms with Gasteiger partial charge in [-0.2, -0.15) is 4.99 Å². The summed E-state index contributed by atoms with van der Waals surface area (Å²) in [7, 11) is 0. The molecule has 0 unspecified atom stereocenters. The van der Waals surface area contributed by atoms with E-state index in [0.29, 0.717) is 22.0 Å². The van der Waals surface area contributed by atoms with E-state index in [0.717, 1.165) is 16.8 Å².